The number of carbonyl (C=O) groups excluding carboxylic acids is 2. The van der Waals surface area contributed by atoms with Crippen LogP contribution < -0.4 is 5.32 Å². The van der Waals surface area contributed by atoms with E-state index in [-0.39, 0.29) is 19.1 Å². The minimum atomic E-state index is -0.762. The molecule has 3 atom stereocenters. The second kappa shape index (κ2) is 10.7. The molecule has 2 N–H and O–H groups in total. The zero-order valence-electron chi connectivity index (χ0n) is 12.5. The third-order valence-electron chi connectivity index (χ3n) is 2.34. The van der Waals surface area contributed by atoms with Crippen LogP contribution in [-0.4, -0.2) is 62.7 Å². The van der Waals surface area contributed by atoms with Crippen molar-refractivity contribution in [1.29, 1.82) is 0 Å². The van der Waals surface area contributed by atoms with Gasteiger partial charge in [-0.1, -0.05) is 0 Å². The molecule has 0 aromatic heterocycles. The van der Waals surface area contributed by atoms with Gasteiger partial charge in [0.25, 0.3) is 0 Å². The molecule has 0 spiro atoms. The molecule has 0 aliphatic carbocycles. The zero-order chi connectivity index (χ0) is 15.5. The summed E-state index contributed by atoms with van der Waals surface area (Å²) in [6.07, 6.45) is -0.825. The summed E-state index contributed by atoms with van der Waals surface area (Å²) < 4.78 is 15.1. The van der Waals surface area contributed by atoms with Gasteiger partial charge >= 0.3 is 0 Å². The number of amides is 1. The lowest BCUT2D eigenvalue weighted by molar-refractivity contribution is -0.226. The van der Waals surface area contributed by atoms with Crippen LogP contribution in [0.5, 0.6) is 0 Å². The van der Waals surface area contributed by atoms with Crippen LogP contribution in [0.1, 0.15) is 26.7 Å². The lowest BCUT2D eigenvalue weighted by atomic mass is 10.0. The van der Waals surface area contributed by atoms with Crippen molar-refractivity contribution in [1.82, 2.24) is 5.32 Å². The molecule has 7 nitrogen and oxygen atoms in total. The van der Waals surface area contributed by atoms with Crippen LogP contribution in [0.3, 0.4) is 0 Å². The Labute approximate surface area is 119 Å². The van der Waals surface area contributed by atoms with E-state index >= 15 is 0 Å². The highest BCUT2D eigenvalue weighted by atomic mass is 16.7. The van der Waals surface area contributed by atoms with Crippen molar-refractivity contribution in [2.75, 3.05) is 20.8 Å². The van der Waals surface area contributed by atoms with Gasteiger partial charge in [-0.05, 0) is 13.8 Å². The molecule has 0 saturated carbocycles. The summed E-state index contributed by atoms with van der Waals surface area (Å²) in [5.74, 6) is -0.395. The van der Waals surface area contributed by atoms with Crippen molar-refractivity contribution >= 4 is 12.2 Å². The minimum Gasteiger partial charge on any atom is -0.393 e. The fourth-order valence-corrected chi connectivity index (χ4v) is 1.68. The summed E-state index contributed by atoms with van der Waals surface area (Å²) in [6, 6.07) is 0. The molecule has 7 heteroatoms. The maximum absolute atomic E-state index is 11.6. The number of carbonyl (C=O) groups is 2. The number of hydrogen-bond donors (Lipinski definition) is 2. The second-order valence-corrected chi connectivity index (χ2v) is 4.68. The van der Waals surface area contributed by atoms with Crippen molar-refractivity contribution in [2.45, 2.75) is 51.3 Å². The number of aliphatic hydroxyl groups is 1. The third-order valence-corrected chi connectivity index (χ3v) is 2.34. The Bertz CT molecular complexity index is 282. The molecule has 1 rings (SSSR count). The maximum atomic E-state index is 11.6. The van der Waals surface area contributed by atoms with Gasteiger partial charge in [-0.15, -0.1) is 0 Å². The molecular weight excluding hydrogens is 266 g/mol. The Morgan fingerprint density at radius 2 is 2.05 bits per heavy atom. The first-order chi connectivity index (χ1) is 9.44. The van der Waals surface area contributed by atoms with E-state index in [1.165, 1.54) is 0 Å². The molecule has 1 aliphatic rings. The van der Waals surface area contributed by atoms with Crippen LogP contribution in [0.4, 0.5) is 0 Å². The predicted molar refractivity (Wildman–Crippen MR) is 72.1 cm³/mol. The van der Waals surface area contributed by atoms with Gasteiger partial charge in [0.1, 0.15) is 12.4 Å². The number of hydrogen-bond acceptors (Lipinski definition) is 6. The van der Waals surface area contributed by atoms with Crippen LogP contribution >= 0.6 is 0 Å². The summed E-state index contributed by atoms with van der Waals surface area (Å²) in [4.78, 5) is 21.7. The normalized spacial score (nSPS) is 25.6. The second-order valence-electron chi connectivity index (χ2n) is 4.68. The lowest BCUT2D eigenvalue weighted by Gasteiger charge is -2.33. The smallest absolute Gasteiger partial charge is 0.249 e. The number of aliphatic hydroxyl groups excluding tert-OH is 1. The van der Waals surface area contributed by atoms with E-state index in [0.29, 0.717) is 12.7 Å². The van der Waals surface area contributed by atoms with Crippen molar-refractivity contribution in [3.8, 4) is 0 Å². The molecule has 0 radical (unpaired) electrons. The minimum absolute atomic E-state index is 0.0380. The maximum Gasteiger partial charge on any atom is 0.249 e. The van der Waals surface area contributed by atoms with Crippen LogP contribution in [0.15, 0.2) is 0 Å². The molecule has 1 aliphatic heterocycles. The van der Waals surface area contributed by atoms with Gasteiger partial charge in [0, 0.05) is 27.1 Å². The number of nitrogens with one attached hydrogen (secondary N) is 1. The fraction of sp³-hybridized carbons (Fsp3) is 0.846. The van der Waals surface area contributed by atoms with Gasteiger partial charge in [-0.25, -0.2) is 0 Å². The monoisotopic (exact) mass is 291 g/mol. The summed E-state index contributed by atoms with van der Waals surface area (Å²) in [5, 5.41) is 12.0. The van der Waals surface area contributed by atoms with Crippen LogP contribution in [0, 0.1) is 0 Å². The average molecular weight is 291 g/mol. The SMILES string of the molecule is CC(C)OC1CC(O)CC(C(=O)NCC=O)O1.COC. The number of rotatable bonds is 5. The van der Waals surface area contributed by atoms with E-state index in [0.717, 1.165) is 0 Å². The first-order valence-corrected chi connectivity index (χ1v) is 6.55. The van der Waals surface area contributed by atoms with Gasteiger partial charge in [-0.2, -0.15) is 0 Å². The number of ether oxygens (including phenoxy) is 3. The van der Waals surface area contributed by atoms with Gasteiger partial charge in [0.2, 0.25) is 5.91 Å². The van der Waals surface area contributed by atoms with Gasteiger partial charge in [0.15, 0.2) is 6.29 Å². The molecule has 0 aromatic rings. The third kappa shape index (κ3) is 8.21. The zero-order valence-corrected chi connectivity index (χ0v) is 12.5. The first kappa shape index (κ1) is 19.0. The Balaban J connectivity index is 0.00000110. The van der Waals surface area contributed by atoms with E-state index in [1.807, 2.05) is 13.8 Å². The average Bonchev–Trinajstić information content (AvgIpc) is 2.35. The van der Waals surface area contributed by atoms with Crippen molar-refractivity contribution in [3.05, 3.63) is 0 Å². The molecule has 1 amide bonds. The number of methoxy groups -OCH3 is 1. The first-order valence-electron chi connectivity index (χ1n) is 6.55. The lowest BCUT2D eigenvalue weighted by Crippen LogP contribution is -2.46. The number of aldehydes is 1. The molecular formula is C13H25NO6. The summed E-state index contributed by atoms with van der Waals surface area (Å²) in [5.41, 5.74) is 0. The highest BCUT2D eigenvalue weighted by Crippen LogP contribution is 2.21. The molecule has 20 heavy (non-hydrogen) atoms. The molecule has 0 bridgehead atoms. The molecule has 118 valence electrons. The quantitative estimate of drug-likeness (QED) is 0.684. The molecule has 0 aromatic carbocycles. The molecule has 1 fully saturated rings. The van der Waals surface area contributed by atoms with E-state index in [1.54, 1.807) is 14.2 Å². The molecule has 3 unspecified atom stereocenters. The van der Waals surface area contributed by atoms with E-state index in [4.69, 9.17) is 9.47 Å². The standard InChI is InChI=1S/C11H19NO5.C2H6O/c1-7(2)16-10-6-8(14)5-9(17-10)11(15)12-3-4-13;1-3-2/h4,7-10,14H,3,5-6H2,1-2H3,(H,12,15);1-2H3. The Morgan fingerprint density at radius 1 is 1.45 bits per heavy atom. The molecule has 1 saturated heterocycles. The van der Waals surface area contributed by atoms with Gasteiger partial charge < -0.3 is 29.4 Å². The molecule has 1 heterocycles. The fourth-order valence-electron chi connectivity index (χ4n) is 1.68. The van der Waals surface area contributed by atoms with Crippen LogP contribution in [0.2, 0.25) is 0 Å². The Kier molecular flexibility index (Phi) is 10.2. The van der Waals surface area contributed by atoms with Crippen molar-refractivity contribution in [2.24, 2.45) is 0 Å². The van der Waals surface area contributed by atoms with Crippen molar-refractivity contribution < 1.29 is 28.9 Å². The topological polar surface area (TPSA) is 94.1 Å². The predicted octanol–water partition coefficient (Wildman–Crippen LogP) is -0.145. The highest BCUT2D eigenvalue weighted by Gasteiger charge is 2.33. The Morgan fingerprint density at radius 3 is 2.55 bits per heavy atom. The van der Waals surface area contributed by atoms with E-state index in [9.17, 15) is 14.7 Å². The summed E-state index contributed by atoms with van der Waals surface area (Å²) >= 11 is 0. The largest absolute Gasteiger partial charge is 0.393 e. The summed E-state index contributed by atoms with van der Waals surface area (Å²) in [7, 11) is 3.25. The van der Waals surface area contributed by atoms with Crippen LogP contribution in [-0.2, 0) is 23.8 Å². The summed E-state index contributed by atoms with van der Waals surface area (Å²) in [6.45, 7) is 3.65. The van der Waals surface area contributed by atoms with Crippen LogP contribution in [0.25, 0.3) is 0 Å². The van der Waals surface area contributed by atoms with E-state index in [2.05, 4.69) is 10.1 Å². The van der Waals surface area contributed by atoms with E-state index < -0.39 is 24.4 Å². The Hall–Kier alpha value is -1.02. The van der Waals surface area contributed by atoms with Gasteiger partial charge in [0.05, 0.1) is 18.8 Å². The van der Waals surface area contributed by atoms with Crippen molar-refractivity contribution in [3.63, 3.8) is 0 Å². The van der Waals surface area contributed by atoms with Gasteiger partial charge in [-0.3, -0.25) is 4.79 Å². The highest BCUT2D eigenvalue weighted by molar-refractivity contribution is 5.82.